The Hall–Kier alpha value is -1.98. The number of rotatable bonds is 4. The third-order valence-electron chi connectivity index (χ3n) is 4.40. The predicted octanol–water partition coefficient (Wildman–Crippen LogP) is 3.05. The van der Waals surface area contributed by atoms with Gasteiger partial charge in [0.05, 0.1) is 11.0 Å². The minimum atomic E-state index is -3.59. The number of nitrogens with zero attached hydrogens (tertiary/aromatic N) is 3. The van der Waals surface area contributed by atoms with E-state index in [1.165, 1.54) is 28.6 Å². The minimum absolute atomic E-state index is 0.200. The Labute approximate surface area is 157 Å². The van der Waals surface area contributed by atoms with Gasteiger partial charge in [-0.25, -0.2) is 12.8 Å². The van der Waals surface area contributed by atoms with Crippen molar-refractivity contribution in [2.75, 3.05) is 26.2 Å². The molecule has 0 aromatic heterocycles. The van der Waals surface area contributed by atoms with Crippen LogP contribution in [0.1, 0.15) is 11.6 Å². The highest BCUT2D eigenvalue weighted by Crippen LogP contribution is 2.25. The zero-order valence-corrected chi connectivity index (χ0v) is 15.4. The summed E-state index contributed by atoms with van der Waals surface area (Å²) in [6, 6.07) is 13.6. The highest BCUT2D eigenvalue weighted by molar-refractivity contribution is 7.89. The number of halogens is 2. The average molecular weight is 394 g/mol. The van der Waals surface area contributed by atoms with Crippen LogP contribution in [0.15, 0.2) is 53.4 Å². The van der Waals surface area contributed by atoms with Crippen molar-refractivity contribution in [1.29, 1.82) is 5.26 Å². The Morgan fingerprint density at radius 1 is 1.00 bits per heavy atom. The molecule has 0 N–H and O–H groups in total. The van der Waals surface area contributed by atoms with E-state index in [1.807, 2.05) is 4.90 Å². The topological polar surface area (TPSA) is 64.4 Å². The SMILES string of the molecule is N#CC(c1ccc(F)cc1)N1CCN(S(=O)(=O)c2ccc(Cl)cc2)CC1. The molecule has 5 nitrogen and oxygen atoms in total. The van der Waals surface area contributed by atoms with Crippen molar-refractivity contribution in [3.8, 4) is 6.07 Å². The Morgan fingerprint density at radius 3 is 2.12 bits per heavy atom. The third kappa shape index (κ3) is 3.89. The van der Waals surface area contributed by atoms with Crippen LogP contribution in [0.4, 0.5) is 4.39 Å². The summed E-state index contributed by atoms with van der Waals surface area (Å²) in [5, 5.41) is 9.98. The first-order chi connectivity index (χ1) is 12.4. The maximum Gasteiger partial charge on any atom is 0.243 e. The van der Waals surface area contributed by atoms with Gasteiger partial charge in [0.25, 0.3) is 0 Å². The number of nitriles is 1. The molecule has 1 unspecified atom stereocenters. The molecule has 1 heterocycles. The summed E-state index contributed by atoms with van der Waals surface area (Å²) < 4.78 is 39.9. The molecule has 0 radical (unpaired) electrons. The second-order valence-corrected chi connectivity index (χ2v) is 8.35. The molecule has 1 atom stereocenters. The van der Waals surface area contributed by atoms with Gasteiger partial charge < -0.3 is 0 Å². The summed E-state index contributed by atoms with van der Waals surface area (Å²) >= 11 is 5.82. The third-order valence-corrected chi connectivity index (χ3v) is 6.56. The first kappa shape index (κ1) is 18.8. The number of piperazine rings is 1. The van der Waals surface area contributed by atoms with Crippen LogP contribution < -0.4 is 0 Å². The molecule has 2 aromatic rings. The predicted molar refractivity (Wildman–Crippen MR) is 96.5 cm³/mol. The Kier molecular flexibility index (Phi) is 5.58. The van der Waals surface area contributed by atoms with Crippen LogP contribution in [0, 0.1) is 17.1 Å². The van der Waals surface area contributed by atoms with E-state index in [9.17, 15) is 18.1 Å². The van der Waals surface area contributed by atoms with Gasteiger partial charge in [0, 0.05) is 31.2 Å². The molecular formula is C18H17ClFN3O2S. The van der Waals surface area contributed by atoms with Gasteiger partial charge in [0.15, 0.2) is 0 Å². The van der Waals surface area contributed by atoms with Crippen molar-refractivity contribution in [3.63, 3.8) is 0 Å². The Bertz CT molecular complexity index is 903. The van der Waals surface area contributed by atoms with Gasteiger partial charge >= 0.3 is 0 Å². The molecule has 0 spiro atoms. The van der Waals surface area contributed by atoms with Crippen molar-refractivity contribution in [2.24, 2.45) is 0 Å². The highest BCUT2D eigenvalue weighted by atomic mass is 35.5. The summed E-state index contributed by atoms with van der Waals surface area (Å²) in [6.45, 7) is 1.40. The molecule has 1 saturated heterocycles. The average Bonchev–Trinajstić information content (AvgIpc) is 2.65. The van der Waals surface area contributed by atoms with Crippen LogP contribution in [0.3, 0.4) is 0 Å². The lowest BCUT2D eigenvalue weighted by atomic mass is 10.1. The summed E-state index contributed by atoms with van der Waals surface area (Å²) in [5.74, 6) is -0.357. The van der Waals surface area contributed by atoms with Crippen LogP contribution in [0.5, 0.6) is 0 Å². The first-order valence-corrected chi connectivity index (χ1v) is 9.88. The summed E-state index contributed by atoms with van der Waals surface area (Å²) in [7, 11) is -3.59. The Morgan fingerprint density at radius 2 is 1.58 bits per heavy atom. The van der Waals surface area contributed by atoms with E-state index in [1.54, 1.807) is 24.3 Å². The van der Waals surface area contributed by atoms with Gasteiger partial charge in [-0.15, -0.1) is 0 Å². The summed E-state index contributed by atoms with van der Waals surface area (Å²) in [6.07, 6.45) is 0. The normalized spacial score (nSPS) is 17.6. The second kappa shape index (κ2) is 7.72. The molecule has 1 aliphatic heterocycles. The lowest BCUT2D eigenvalue weighted by Gasteiger charge is -2.36. The molecule has 8 heteroatoms. The van der Waals surface area contributed by atoms with Gasteiger partial charge in [-0.1, -0.05) is 23.7 Å². The lowest BCUT2D eigenvalue weighted by molar-refractivity contribution is 0.162. The fraction of sp³-hybridized carbons (Fsp3) is 0.278. The van der Waals surface area contributed by atoms with Crippen LogP contribution in [0.25, 0.3) is 0 Å². The smallest absolute Gasteiger partial charge is 0.243 e. The van der Waals surface area contributed by atoms with Crippen LogP contribution in [-0.2, 0) is 10.0 Å². The quantitative estimate of drug-likeness (QED) is 0.800. The lowest BCUT2D eigenvalue weighted by Crippen LogP contribution is -2.49. The van der Waals surface area contributed by atoms with Crippen molar-refractivity contribution in [2.45, 2.75) is 10.9 Å². The summed E-state index contributed by atoms with van der Waals surface area (Å²) in [5.41, 5.74) is 0.697. The molecule has 1 fully saturated rings. The maximum atomic E-state index is 13.1. The van der Waals surface area contributed by atoms with E-state index in [0.29, 0.717) is 23.7 Å². The standard InChI is InChI=1S/C18H17ClFN3O2S/c19-15-3-7-17(8-4-15)26(24,25)23-11-9-22(10-12-23)18(13-21)14-1-5-16(20)6-2-14/h1-8,18H,9-12H2. The monoisotopic (exact) mass is 393 g/mol. The molecular weight excluding hydrogens is 377 g/mol. The molecule has 136 valence electrons. The molecule has 0 aliphatic carbocycles. The molecule has 26 heavy (non-hydrogen) atoms. The zero-order chi connectivity index (χ0) is 18.7. The zero-order valence-electron chi connectivity index (χ0n) is 13.8. The first-order valence-electron chi connectivity index (χ1n) is 8.06. The second-order valence-electron chi connectivity index (χ2n) is 5.98. The number of sulfonamides is 1. The van der Waals surface area contributed by atoms with Crippen LogP contribution >= 0.6 is 11.6 Å². The van der Waals surface area contributed by atoms with Gasteiger partial charge in [-0.3, -0.25) is 4.90 Å². The van der Waals surface area contributed by atoms with E-state index in [4.69, 9.17) is 11.6 Å². The number of hydrogen-bond acceptors (Lipinski definition) is 4. The maximum absolute atomic E-state index is 13.1. The molecule has 0 amide bonds. The molecule has 0 bridgehead atoms. The van der Waals surface area contributed by atoms with E-state index >= 15 is 0 Å². The molecule has 0 saturated carbocycles. The fourth-order valence-electron chi connectivity index (χ4n) is 2.97. The molecule has 2 aromatic carbocycles. The molecule has 3 rings (SSSR count). The highest BCUT2D eigenvalue weighted by Gasteiger charge is 2.31. The minimum Gasteiger partial charge on any atom is -0.282 e. The van der Waals surface area contributed by atoms with Gasteiger partial charge in [-0.2, -0.15) is 9.57 Å². The van der Waals surface area contributed by atoms with Gasteiger partial charge in [0.2, 0.25) is 10.0 Å². The van der Waals surface area contributed by atoms with Crippen molar-refractivity contribution in [3.05, 3.63) is 64.9 Å². The number of hydrogen-bond donors (Lipinski definition) is 0. The van der Waals surface area contributed by atoms with Crippen LogP contribution in [0.2, 0.25) is 5.02 Å². The summed E-state index contributed by atoms with van der Waals surface area (Å²) in [4.78, 5) is 2.10. The van der Waals surface area contributed by atoms with Gasteiger partial charge in [0.1, 0.15) is 11.9 Å². The van der Waals surface area contributed by atoms with Crippen molar-refractivity contribution < 1.29 is 12.8 Å². The Balaban J connectivity index is 1.71. The van der Waals surface area contributed by atoms with Gasteiger partial charge in [-0.05, 0) is 42.0 Å². The number of benzene rings is 2. The van der Waals surface area contributed by atoms with Crippen molar-refractivity contribution >= 4 is 21.6 Å². The molecule has 1 aliphatic rings. The van der Waals surface area contributed by atoms with Crippen molar-refractivity contribution in [1.82, 2.24) is 9.21 Å². The van der Waals surface area contributed by atoms with Crippen LogP contribution in [-0.4, -0.2) is 43.8 Å². The van der Waals surface area contributed by atoms with E-state index in [2.05, 4.69) is 6.07 Å². The largest absolute Gasteiger partial charge is 0.282 e. The van der Waals surface area contributed by atoms with E-state index in [0.717, 1.165) is 0 Å². The van der Waals surface area contributed by atoms with E-state index in [-0.39, 0.29) is 23.8 Å². The van der Waals surface area contributed by atoms with E-state index < -0.39 is 16.1 Å². The fourth-order valence-corrected chi connectivity index (χ4v) is 4.52.